The van der Waals surface area contributed by atoms with E-state index >= 15 is 0 Å². The van der Waals surface area contributed by atoms with Crippen LogP contribution in [0.3, 0.4) is 0 Å². The number of anilines is 1. The summed E-state index contributed by atoms with van der Waals surface area (Å²) in [7, 11) is -0.515. The Morgan fingerprint density at radius 2 is 2.00 bits per heavy atom. The molecule has 2 saturated heterocycles. The van der Waals surface area contributed by atoms with Crippen LogP contribution >= 0.6 is 0 Å². The topological polar surface area (TPSA) is 108 Å². The highest BCUT2D eigenvalue weighted by Gasteiger charge is 2.33. The fraction of sp³-hybridized carbons (Fsp3) is 0.579. The maximum Gasteiger partial charge on any atom is 0.414 e. The number of ether oxygens (including phenoxy) is 2. The maximum absolute atomic E-state index is 14.6. The van der Waals surface area contributed by atoms with Crippen molar-refractivity contribution in [2.45, 2.75) is 32.0 Å². The van der Waals surface area contributed by atoms with E-state index in [2.05, 4.69) is 5.32 Å². The normalized spacial score (nSPS) is 20.7. The number of piperidine rings is 1. The van der Waals surface area contributed by atoms with E-state index in [1.165, 1.54) is 42.4 Å². The van der Waals surface area contributed by atoms with Gasteiger partial charge in [0.2, 0.25) is 5.91 Å². The first kappa shape index (κ1) is 23.2. The molecule has 10 nitrogen and oxygen atoms in total. The SMILES string of the molecule is CC(=O)NC[C@H]1CN(c2ccc(OC3CCN(S(=O)(=O)N(C)C)CC3)c(F)c2)C(=O)O1. The van der Waals surface area contributed by atoms with E-state index in [1.54, 1.807) is 6.07 Å². The second-order valence-electron chi connectivity index (χ2n) is 7.67. The Balaban J connectivity index is 1.58. The molecule has 0 saturated carbocycles. The second kappa shape index (κ2) is 9.37. The van der Waals surface area contributed by atoms with Gasteiger partial charge in [-0.25, -0.2) is 9.18 Å². The van der Waals surface area contributed by atoms with Gasteiger partial charge in [0, 0.05) is 40.2 Å². The van der Waals surface area contributed by atoms with E-state index in [0.29, 0.717) is 31.6 Å². The number of nitrogens with zero attached hydrogens (tertiary/aromatic N) is 3. The van der Waals surface area contributed by atoms with Crippen LogP contribution < -0.4 is 15.0 Å². The van der Waals surface area contributed by atoms with E-state index in [4.69, 9.17) is 9.47 Å². The molecule has 12 heteroatoms. The number of carbonyl (C=O) groups excluding carboxylic acids is 2. The minimum Gasteiger partial charge on any atom is -0.487 e. The fourth-order valence-corrected chi connectivity index (χ4v) is 4.57. The zero-order valence-electron chi connectivity index (χ0n) is 17.7. The van der Waals surface area contributed by atoms with E-state index in [1.807, 2.05) is 0 Å². The lowest BCUT2D eigenvalue weighted by Gasteiger charge is -2.32. The van der Waals surface area contributed by atoms with Crippen LogP contribution in [-0.2, 0) is 19.7 Å². The predicted molar refractivity (Wildman–Crippen MR) is 111 cm³/mol. The monoisotopic (exact) mass is 458 g/mol. The smallest absolute Gasteiger partial charge is 0.414 e. The number of nitrogens with one attached hydrogen (secondary N) is 1. The van der Waals surface area contributed by atoms with Crippen LogP contribution in [0.2, 0.25) is 0 Å². The summed E-state index contributed by atoms with van der Waals surface area (Å²) in [6.07, 6.45) is -0.556. The summed E-state index contributed by atoms with van der Waals surface area (Å²) < 4.78 is 52.5. The Bertz CT molecular complexity index is 933. The standard InChI is InChI=1S/C19H27FN4O6S/c1-13(25)21-11-16-12-24(19(26)30-16)14-4-5-18(17(20)10-14)29-15-6-8-23(9-7-15)31(27,28)22(2)3/h4-5,10,15-16H,6-9,11-12H2,1-3H3,(H,21,25)/t16-/m0/s1. The third-order valence-electron chi connectivity index (χ3n) is 5.16. The highest BCUT2D eigenvalue weighted by atomic mass is 32.2. The summed E-state index contributed by atoms with van der Waals surface area (Å²) in [5.41, 5.74) is 0.326. The number of hydrogen-bond donors (Lipinski definition) is 1. The molecular weight excluding hydrogens is 431 g/mol. The average molecular weight is 459 g/mol. The van der Waals surface area contributed by atoms with Crippen LogP contribution in [0, 0.1) is 5.82 Å². The molecule has 0 radical (unpaired) electrons. The summed E-state index contributed by atoms with van der Waals surface area (Å²) in [6.45, 7) is 2.33. The lowest BCUT2D eigenvalue weighted by Crippen LogP contribution is -2.46. The summed E-state index contributed by atoms with van der Waals surface area (Å²) in [5.74, 6) is -0.814. The molecule has 172 valence electrons. The third kappa shape index (κ3) is 5.43. The number of amides is 2. The molecule has 2 amide bonds. The highest BCUT2D eigenvalue weighted by Crippen LogP contribution is 2.29. The Morgan fingerprint density at radius 1 is 1.32 bits per heavy atom. The van der Waals surface area contributed by atoms with Crippen LogP contribution in [0.4, 0.5) is 14.9 Å². The van der Waals surface area contributed by atoms with Crippen LogP contribution in [-0.4, -0.2) is 81.5 Å². The molecule has 0 aliphatic carbocycles. The molecule has 31 heavy (non-hydrogen) atoms. The summed E-state index contributed by atoms with van der Waals surface area (Å²) in [4.78, 5) is 24.4. The molecule has 0 unspecified atom stereocenters. The third-order valence-corrected chi connectivity index (χ3v) is 7.10. The van der Waals surface area contributed by atoms with Crippen molar-refractivity contribution >= 4 is 27.9 Å². The molecular formula is C19H27FN4O6S. The first-order valence-electron chi connectivity index (χ1n) is 9.94. The average Bonchev–Trinajstić information content (AvgIpc) is 3.09. The molecule has 2 aliphatic rings. The number of benzene rings is 1. The summed E-state index contributed by atoms with van der Waals surface area (Å²) in [6, 6.07) is 4.21. The summed E-state index contributed by atoms with van der Waals surface area (Å²) in [5, 5.41) is 2.58. The van der Waals surface area contributed by atoms with Crippen LogP contribution in [0.5, 0.6) is 5.75 Å². The molecule has 0 bridgehead atoms. The first-order chi connectivity index (χ1) is 14.6. The van der Waals surface area contributed by atoms with Gasteiger partial charge in [-0.3, -0.25) is 9.69 Å². The van der Waals surface area contributed by atoms with Gasteiger partial charge in [-0.15, -0.1) is 0 Å². The van der Waals surface area contributed by atoms with E-state index in [0.717, 1.165) is 4.31 Å². The van der Waals surface area contributed by atoms with E-state index in [9.17, 15) is 22.4 Å². The number of halogens is 1. The van der Waals surface area contributed by atoms with Crippen molar-refractivity contribution in [1.82, 2.24) is 13.9 Å². The van der Waals surface area contributed by atoms with Gasteiger partial charge in [0.15, 0.2) is 11.6 Å². The van der Waals surface area contributed by atoms with Crippen LogP contribution in [0.1, 0.15) is 19.8 Å². The van der Waals surface area contributed by atoms with Crippen molar-refractivity contribution in [3.8, 4) is 5.75 Å². The van der Waals surface area contributed by atoms with Gasteiger partial charge in [-0.05, 0) is 25.0 Å². The lowest BCUT2D eigenvalue weighted by molar-refractivity contribution is -0.119. The quantitative estimate of drug-likeness (QED) is 0.652. The van der Waals surface area contributed by atoms with Gasteiger partial charge in [-0.2, -0.15) is 17.0 Å². The summed E-state index contributed by atoms with van der Waals surface area (Å²) >= 11 is 0. The number of hydrogen-bond acceptors (Lipinski definition) is 6. The molecule has 3 rings (SSSR count). The van der Waals surface area contributed by atoms with E-state index in [-0.39, 0.29) is 30.9 Å². The highest BCUT2D eigenvalue weighted by molar-refractivity contribution is 7.86. The van der Waals surface area contributed by atoms with Gasteiger partial charge in [0.1, 0.15) is 12.2 Å². The van der Waals surface area contributed by atoms with Crippen molar-refractivity contribution in [3.05, 3.63) is 24.0 Å². The second-order valence-corrected chi connectivity index (χ2v) is 9.82. The molecule has 2 aliphatic heterocycles. The zero-order valence-corrected chi connectivity index (χ0v) is 18.5. The Morgan fingerprint density at radius 3 is 2.58 bits per heavy atom. The van der Waals surface area contributed by atoms with Crippen molar-refractivity contribution in [2.24, 2.45) is 0 Å². The number of carbonyl (C=O) groups is 2. The molecule has 1 aromatic rings. The van der Waals surface area contributed by atoms with Gasteiger partial charge in [0.05, 0.1) is 18.8 Å². The first-order valence-corrected chi connectivity index (χ1v) is 11.3. The maximum atomic E-state index is 14.6. The van der Waals surface area contributed by atoms with Gasteiger partial charge in [-0.1, -0.05) is 0 Å². The Hall–Kier alpha value is -2.44. The Kier molecular flexibility index (Phi) is 7.02. The lowest BCUT2D eigenvalue weighted by atomic mass is 10.1. The molecule has 0 spiro atoms. The molecule has 1 N–H and O–H groups in total. The molecule has 0 aromatic heterocycles. The van der Waals surface area contributed by atoms with Crippen molar-refractivity contribution in [3.63, 3.8) is 0 Å². The van der Waals surface area contributed by atoms with Crippen LogP contribution in [0.15, 0.2) is 18.2 Å². The van der Waals surface area contributed by atoms with Gasteiger partial charge < -0.3 is 14.8 Å². The molecule has 2 heterocycles. The minimum atomic E-state index is -3.47. The number of rotatable bonds is 7. The van der Waals surface area contributed by atoms with E-state index < -0.39 is 28.2 Å². The predicted octanol–water partition coefficient (Wildman–Crippen LogP) is 0.937. The minimum absolute atomic E-state index is 0.0417. The largest absolute Gasteiger partial charge is 0.487 e. The van der Waals surface area contributed by atoms with Crippen molar-refractivity contribution in [2.75, 3.05) is 45.2 Å². The molecule has 2 fully saturated rings. The molecule has 1 aromatic carbocycles. The number of cyclic esters (lactones) is 1. The van der Waals surface area contributed by atoms with Gasteiger partial charge >= 0.3 is 6.09 Å². The zero-order chi connectivity index (χ0) is 22.8. The molecule has 1 atom stereocenters. The fourth-order valence-electron chi connectivity index (χ4n) is 3.44. The van der Waals surface area contributed by atoms with Crippen LogP contribution in [0.25, 0.3) is 0 Å². The van der Waals surface area contributed by atoms with Gasteiger partial charge in [0.25, 0.3) is 10.2 Å². The van der Waals surface area contributed by atoms with Crippen molar-refractivity contribution < 1.29 is 31.9 Å². The van der Waals surface area contributed by atoms with Crippen molar-refractivity contribution in [1.29, 1.82) is 0 Å². The Labute approximate surface area is 181 Å².